The predicted molar refractivity (Wildman–Crippen MR) is 361 cm³/mol. The minimum absolute atomic E-state index is 0.0366. The van der Waals surface area contributed by atoms with Gasteiger partial charge in [0.2, 0.25) is 0 Å². The van der Waals surface area contributed by atoms with Gasteiger partial charge >= 0.3 is 0 Å². The van der Waals surface area contributed by atoms with Crippen molar-refractivity contribution in [3.05, 3.63) is 12.7 Å². The molecule has 614 valence electrons. The minimum atomic E-state index is -1.23. The Kier molecular flexibility index (Phi) is 38.3. The molecule has 21 saturated heterocycles. The maximum absolute atomic E-state index is 7.24. The maximum Gasteiger partial charge on any atom is 0.187 e. The van der Waals surface area contributed by atoms with Gasteiger partial charge in [-0.05, 0) is 19.3 Å². The normalized spacial score (nSPS) is 43.8. The zero-order valence-electron chi connectivity index (χ0n) is 65.0. The third-order valence-electron chi connectivity index (χ3n) is 20.6. The van der Waals surface area contributed by atoms with Gasteiger partial charge in [-0.1, -0.05) is 18.9 Å². The predicted octanol–water partition coefficient (Wildman–Crippen LogP) is 1.01. The van der Waals surface area contributed by atoms with Crippen LogP contribution < -0.4 is 0 Å². The standard InChI is InChI=1S/C70H124O35/c1-22-23-24-25-26-27-28-91-56-49-42(35-77-8)98-70(63(56)90-21)104-48-41(34-76-7)96-68(61(88-19)55(48)83-14)102-46-39(32-74-5)94-66(59(86-17)53(46)81-12)100-44-37(30-72-3)92-64(57(84-15)51(44)79-10)99-43-36(29-71-2)93-65(58(85-16)50(43)78-9)101-45-38(31-73-4)95-67(60(87-18)52(45)80-11)103-47-40(33-75-6)97-69(105-49)62(89-20)54(47)82-13/h22,36-70H,1,23-35H2,2-21H3/t36-,37-,38-,39-,40-,41-,42-,43-,44-,45-,46-,47-,48-,49-,50+,51+,52+,53+,54+,55+,56+,57-,58-,59-,60-,61-,62-,63-,64-,65-,66-,67-,68-,69-,70-/m1/s1. The van der Waals surface area contributed by atoms with Crippen molar-refractivity contribution in [3.63, 3.8) is 0 Å². The molecule has 0 spiro atoms. The van der Waals surface area contributed by atoms with Gasteiger partial charge in [0, 0.05) is 149 Å². The SMILES string of the molecule is C=CCCCCCCO[C@@H]1[C@@H](OC)[C@H]2O[C@H]3[C@H](OC)[C@@H](OC)[C@@H](O[C@H]4[C@H](OC)[C@@H](OC)[C@@H](O[C@H]5[C@H](OC)[C@@H](OC)[C@@H](O[C@H]6[C@H](OC)[C@@H](OC)[C@@H](O[C@H]7[C@H](OC)[C@@H](OC)[C@@H](O[C@H]8[C@H](OC)[C@@H](OC)[C@@H](O[C@@H]1[C@@H](COC)O2)O[C@@H]8COC)O[C@@H]7COC)O[C@@H]6COC)O[C@@H]5COC)O[C@@H]4COC)O[C@@H]3COC. The van der Waals surface area contributed by atoms with E-state index in [0.717, 1.165) is 25.7 Å². The van der Waals surface area contributed by atoms with E-state index in [2.05, 4.69) is 6.58 Å². The van der Waals surface area contributed by atoms with Crippen molar-refractivity contribution in [1.29, 1.82) is 0 Å². The zero-order valence-corrected chi connectivity index (χ0v) is 65.0. The van der Waals surface area contributed by atoms with E-state index >= 15 is 0 Å². The van der Waals surface area contributed by atoms with Crippen molar-refractivity contribution in [2.45, 2.75) is 247 Å². The fraction of sp³-hybridized carbons (Fsp3) is 0.971. The summed E-state index contributed by atoms with van der Waals surface area (Å²) < 4.78 is 229. The maximum atomic E-state index is 7.24. The van der Waals surface area contributed by atoms with Crippen LogP contribution in [0.2, 0.25) is 0 Å². The Morgan fingerprint density at radius 2 is 0.381 bits per heavy atom. The molecular formula is C70H124O35. The van der Waals surface area contributed by atoms with E-state index in [-0.39, 0.29) is 52.9 Å². The van der Waals surface area contributed by atoms with E-state index < -0.39 is 215 Å². The molecule has 0 unspecified atom stereocenters. The molecule has 0 saturated carbocycles. The average Bonchev–Trinajstić information content (AvgIpc) is 0.809. The lowest BCUT2D eigenvalue weighted by molar-refractivity contribution is -0.403. The molecule has 0 N–H and O–H groups in total. The second kappa shape index (κ2) is 45.3. The van der Waals surface area contributed by atoms with Crippen LogP contribution in [-0.4, -0.2) is 410 Å². The number of ether oxygens (including phenoxy) is 35. The Bertz CT molecular complexity index is 2350. The van der Waals surface area contributed by atoms with Crippen LogP contribution in [0, 0.1) is 0 Å². The fourth-order valence-corrected chi connectivity index (χ4v) is 15.7. The smallest absolute Gasteiger partial charge is 0.187 e. The van der Waals surface area contributed by atoms with Gasteiger partial charge in [0.1, 0.15) is 171 Å². The quantitative estimate of drug-likeness (QED) is 0.0631. The second-order valence-electron chi connectivity index (χ2n) is 26.6. The van der Waals surface area contributed by atoms with Crippen LogP contribution in [-0.2, 0) is 166 Å². The Hall–Kier alpha value is -1.66. The van der Waals surface area contributed by atoms with Crippen LogP contribution in [0.3, 0.4) is 0 Å². The molecule has 14 bridgehead atoms. The molecule has 21 fully saturated rings. The highest BCUT2D eigenvalue weighted by molar-refractivity contribution is 5.04. The topological polar surface area (TPSA) is 323 Å². The summed E-state index contributed by atoms with van der Waals surface area (Å²) in [6, 6.07) is 0. The highest BCUT2D eigenvalue weighted by Gasteiger charge is 2.62. The zero-order chi connectivity index (χ0) is 75.9. The summed E-state index contributed by atoms with van der Waals surface area (Å²) >= 11 is 0. The van der Waals surface area contributed by atoms with Crippen LogP contribution >= 0.6 is 0 Å². The molecule has 21 aliphatic heterocycles. The summed E-state index contributed by atoms with van der Waals surface area (Å²) in [5, 5.41) is 0. The third-order valence-corrected chi connectivity index (χ3v) is 20.6. The molecule has 35 nitrogen and oxygen atoms in total. The van der Waals surface area contributed by atoms with Crippen molar-refractivity contribution < 1.29 is 166 Å². The molecule has 35 heteroatoms. The Morgan fingerprint density at radius 1 is 0.210 bits per heavy atom. The van der Waals surface area contributed by atoms with E-state index in [0.29, 0.717) is 6.42 Å². The van der Waals surface area contributed by atoms with E-state index in [1.807, 2.05) is 6.08 Å². The number of hydrogen-bond donors (Lipinski definition) is 0. The van der Waals surface area contributed by atoms with Crippen molar-refractivity contribution in [1.82, 2.24) is 0 Å². The molecular weight excluding hydrogens is 1400 g/mol. The van der Waals surface area contributed by atoms with Gasteiger partial charge in [0.15, 0.2) is 44.0 Å². The number of rotatable bonds is 35. The van der Waals surface area contributed by atoms with Crippen LogP contribution in [0.4, 0.5) is 0 Å². The van der Waals surface area contributed by atoms with Gasteiger partial charge in [-0.2, -0.15) is 0 Å². The molecule has 21 rings (SSSR count). The first kappa shape index (κ1) is 88.9. The minimum Gasteiger partial charge on any atom is -0.382 e. The second-order valence-corrected chi connectivity index (χ2v) is 26.6. The summed E-state index contributed by atoms with van der Waals surface area (Å²) in [7, 11) is 30.4. The first-order valence-corrected chi connectivity index (χ1v) is 35.9. The summed E-state index contributed by atoms with van der Waals surface area (Å²) in [6.07, 6.45) is -29.9. The van der Waals surface area contributed by atoms with Crippen molar-refractivity contribution >= 4 is 0 Å². The van der Waals surface area contributed by atoms with Crippen molar-refractivity contribution in [2.75, 3.05) is 195 Å². The first-order valence-electron chi connectivity index (χ1n) is 35.9. The molecule has 0 aliphatic carbocycles. The molecule has 0 aromatic carbocycles. The summed E-state index contributed by atoms with van der Waals surface area (Å²) in [4.78, 5) is 0. The molecule has 105 heavy (non-hydrogen) atoms. The number of allylic oxidation sites excluding steroid dienone is 1. The van der Waals surface area contributed by atoms with Crippen LogP contribution in [0.15, 0.2) is 12.7 Å². The van der Waals surface area contributed by atoms with Crippen LogP contribution in [0.5, 0.6) is 0 Å². The van der Waals surface area contributed by atoms with Crippen molar-refractivity contribution in [2.24, 2.45) is 0 Å². The Balaban J connectivity index is 1.25. The first-order chi connectivity index (χ1) is 51.2. The monoisotopic (exact) mass is 1520 g/mol. The largest absolute Gasteiger partial charge is 0.382 e. The molecule has 0 aromatic heterocycles. The van der Waals surface area contributed by atoms with Gasteiger partial charge in [0.25, 0.3) is 0 Å². The Labute approximate surface area is 618 Å². The lowest BCUT2D eigenvalue weighted by Gasteiger charge is -2.52. The number of hydrogen-bond acceptors (Lipinski definition) is 35. The molecule has 35 atom stereocenters. The third kappa shape index (κ3) is 20.8. The highest BCUT2D eigenvalue weighted by atomic mass is 16.8. The van der Waals surface area contributed by atoms with Crippen LogP contribution in [0.1, 0.15) is 32.1 Å². The van der Waals surface area contributed by atoms with Gasteiger partial charge in [-0.15, -0.1) is 6.58 Å². The van der Waals surface area contributed by atoms with E-state index in [4.69, 9.17) is 166 Å². The average molecular weight is 1530 g/mol. The Morgan fingerprint density at radius 3 is 0.552 bits per heavy atom. The molecule has 0 radical (unpaired) electrons. The number of methoxy groups -OCH3 is 20. The summed E-state index contributed by atoms with van der Waals surface area (Å²) in [5.74, 6) is 0. The fourth-order valence-electron chi connectivity index (χ4n) is 15.7. The van der Waals surface area contributed by atoms with E-state index in [9.17, 15) is 0 Å². The van der Waals surface area contributed by atoms with Gasteiger partial charge in [-0.3, -0.25) is 0 Å². The lowest BCUT2D eigenvalue weighted by Crippen LogP contribution is -2.69. The number of unbranched alkanes of at least 4 members (excludes halogenated alkanes) is 4. The van der Waals surface area contributed by atoms with Crippen molar-refractivity contribution in [3.8, 4) is 0 Å². The highest BCUT2D eigenvalue weighted by Crippen LogP contribution is 2.43. The molecule has 0 amide bonds. The van der Waals surface area contributed by atoms with Gasteiger partial charge in [0.05, 0.1) is 46.2 Å². The van der Waals surface area contributed by atoms with E-state index in [1.165, 1.54) is 135 Å². The molecule has 21 aliphatic rings. The van der Waals surface area contributed by atoms with Gasteiger partial charge < -0.3 is 166 Å². The molecule has 0 aromatic rings. The van der Waals surface area contributed by atoms with Crippen LogP contribution in [0.25, 0.3) is 0 Å². The molecule has 21 heterocycles. The van der Waals surface area contributed by atoms with Gasteiger partial charge in [-0.25, -0.2) is 0 Å². The summed E-state index contributed by atoms with van der Waals surface area (Å²) in [6.45, 7) is 3.91. The lowest BCUT2D eigenvalue weighted by atomic mass is 9.94. The van der Waals surface area contributed by atoms with E-state index in [1.54, 1.807) is 7.11 Å². The summed E-state index contributed by atoms with van der Waals surface area (Å²) in [5.41, 5.74) is 0.